The Bertz CT molecular complexity index is 284. The average Bonchev–Trinajstić information content (AvgIpc) is 2.51. The van der Waals surface area contributed by atoms with E-state index in [0.717, 1.165) is 19.0 Å². The summed E-state index contributed by atoms with van der Waals surface area (Å²) in [6.07, 6.45) is 2.40. The van der Waals surface area contributed by atoms with Crippen molar-refractivity contribution in [2.75, 3.05) is 59.4 Å². The van der Waals surface area contributed by atoms with Gasteiger partial charge < -0.3 is 20.4 Å². The molecule has 0 aromatic heterocycles. The second kappa shape index (κ2) is 10.9. The number of nitrogens with zero attached hydrogens (tertiary/aromatic N) is 3. The van der Waals surface area contributed by atoms with Crippen molar-refractivity contribution in [3.63, 3.8) is 0 Å². The fourth-order valence-electron chi connectivity index (χ4n) is 2.67. The number of likely N-dealkylation sites (N-methyl/N-ethyl adjacent to an activating group) is 1. The van der Waals surface area contributed by atoms with Gasteiger partial charge in [-0.1, -0.05) is 27.2 Å². The molecule has 1 unspecified atom stereocenters. The first-order valence-corrected chi connectivity index (χ1v) is 8.58. The van der Waals surface area contributed by atoms with Crippen LogP contribution >= 0.6 is 0 Å². The Morgan fingerprint density at radius 2 is 1.76 bits per heavy atom. The van der Waals surface area contributed by atoms with E-state index < -0.39 is 0 Å². The molecule has 0 bridgehead atoms. The minimum Gasteiger partial charge on any atom is -0.356 e. The van der Waals surface area contributed by atoms with Crippen LogP contribution in [0.15, 0.2) is 4.99 Å². The summed E-state index contributed by atoms with van der Waals surface area (Å²) in [6.45, 7) is 16.0. The molecule has 124 valence electrons. The van der Waals surface area contributed by atoms with Gasteiger partial charge in [-0.25, -0.2) is 0 Å². The van der Waals surface area contributed by atoms with Crippen molar-refractivity contribution in [2.24, 2.45) is 10.9 Å². The standard InChI is InChI=1S/C16H35N5/c1-5-7-8-18-16(17-4)19-13-15(3)14-21-11-9-20(6-2)10-12-21/h15H,5-14H2,1-4H3,(H2,17,18,19). The molecule has 0 aromatic carbocycles. The Labute approximate surface area is 131 Å². The molecule has 1 aliphatic rings. The lowest BCUT2D eigenvalue weighted by atomic mass is 10.1. The molecule has 1 rings (SSSR count). The fraction of sp³-hybridized carbons (Fsp3) is 0.938. The molecule has 0 radical (unpaired) electrons. The minimum absolute atomic E-state index is 0.642. The van der Waals surface area contributed by atoms with E-state index in [-0.39, 0.29) is 0 Å². The lowest BCUT2D eigenvalue weighted by Crippen LogP contribution is -2.48. The zero-order chi connectivity index (χ0) is 15.5. The summed E-state index contributed by atoms with van der Waals surface area (Å²) in [5.74, 6) is 1.58. The van der Waals surface area contributed by atoms with Crippen LogP contribution in [0.1, 0.15) is 33.6 Å². The van der Waals surface area contributed by atoms with Crippen LogP contribution in [-0.4, -0.2) is 75.2 Å². The van der Waals surface area contributed by atoms with E-state index in [2.05, 4.69) is 46.2 Å². The molecule has 1 saturated heterocycles. The van der Waals surface area contributed by atoms with Crippen LogP contribution in [0.25, 0.3) is 0 Å². The number of rotatable bonds is 8. The Kier molecular flexibility index (Phi) is 9.42. The highest BCUT2D eigenvalue weighted by atomic mass is 15.3. The Hall–Kier alpha value is -0.810. The van der Waals surface area contributed by atoms with Crippen LogP contribution in [0.4, 0.5) is 0 Å². The van der Waals surface area contributed by atoms with Crippen molar-refractivity contribution in [3.8, 4) is 0 Å². The van der Waals surface area contributed by atoms with Gasteiger partial charge in [-0.3, -0.25) is 4.99 Å². The van der Waals surface area contributed by atoms with Crippen LogP contribution in [0.3, 0.4) is 0 Å². The van der Waals surface area contributed by atoms with Gasteiger partial charge in [-0.05, 0) is 18.9 Å². The number of guanidine groups is 1. The maximum atomic E-state index is 4.27. The quantitative estimate of drug-likeness (QED) is 0.402. The maximum Gasteiger partial charge on any atom is 0.190 e. The average molecular weight is 297 g/mol. The Morgan fingerprint density at radius 3 is 2.33 bits per heavy atom. The zero-order valence-electron chi connectivity index (χ0n) is 14.5. The zero-order valence-corrected chi connectivity index (χ0v) is 14.5. The molecule has 1 heterocycles. The summed E-state index contributed by atoms with van der Waals surface area (Å²) in [7, 11) is 1.84. The van der Waals surface area contributed by atoms with Crippen molar-refractivity contribution in [2.45, 2.75) is 33.6 Å². The van der Waals surface area contributed by atoms with Crippen molar-refractivity contribution in [3.05, 3.63) is 0 Å². The van der Waals surface area contributed by atoms with Gasteiger partial charge in [0, 0.05) is 52.9 Å². The topological polar surface area (TPSA) is 42.9 Å². The Morgan fingerprint density at radius 1 is 1.10 bits per heavy atom. The lowest BCUT2D eigenvalue weighted by Gasteiger charge is -2.35. The van der Waals surface area contributed by atoms with Crippen molar-refractivity contribution in [1.29, 1.82) is 0 Å². The third kappa shape index (κ3) is 7.67. The highest BCUT2D eigenvalue weighted by Crippen LogP contribution is 2.04. The summed E-state index contributed by atoms with van der Waals surface area (Å²) in [4.78, 5) is 9.39. The molecule has 0 amide bonds. The molecular weight excluding hydrogens is 262 g/mol. The molecule has 1 atom stereocenters. The maximum absolute atomic E-state index is 4.27. The van der Waals surface area contributed by atoms with Gasteiger partial charge >= 0.3 is 0 Å². The van der Waals surface area contributed by atoms with Gasteiger partial charge in [-0.2, -0.15) is 0 Å². The van der Waals surface area contributed by atoms with E-state index in [1.165, 1.54) is 52.1 Å². The SMILES string of the molecule is CCCCNC(=NC)NCC(C)CN1CCN(CC)CC1. The summed E-state index contributed by atoms with van der Waals surface area (Å²) in [5, 5.41) is 6.80. The molecule has 0 aromatic rings. The van der Waals surface area contributed by atoms with Crippen LogP contribution in [-0.2, 0) is 0 Å². The first-order valence-electron chi connectivity index (χ1n) is 8.58. The summed E-state index contributed by atoms with van der Waals surface area (Å²) < 4.78 is 0. The number of nitrogens with one attached hydrogen (secondary N) is 2. The Balaban J connectivity index is 2.16. The molecule has 0 aliphatic carbocycles. The van der Waals surface area contributed by atoms with E-state index >= 15 is 0 Å². The largest absolute Gasteiger partial charge is 0.356 e. The van der Waals surface area contributed by atoms with Crippen molar-refractivity contribution >= 4 is 5.96 Å². The van der Waals surface area contributed by atoms with E-state index in [4.69, 9.17) is 0 Å². The van der Waals surface area contributed by atoms with Gasteiger partial charge in [0.05, 0.1) is 0 Å². The third-order valence-corrected chi connectivity index (χ3v) is 4.15. The molecule has 0 saturated carbocycles. The number of hydrogen-bond acceptors (Lipinski definition) is 3. The second-order valence-corrected chi connectivity index (χ2v) is 6.07. The van der Waals surface area contributed by atoms with Gasteiger partial charge in [0.2, 0.25) is 0 Å². The highest BCUT2D eigenvalue weighted by Gasteiger charge is 2.17. The molecule has 0 spiro atoms. The number of aliphatic imine (C=N–C) groups is 1. The lowest BCUT2D eigenvalue weighted by molar-refractivity contribution is 0.124. The predicted molar refractivity (Wildman–Crippen MR) is 92.0 cm³/mol. The molecule has 5 nitrogen and oxygen atoms in total. The van der Waals surface area contributed by atoms with Crippen molar-refractivity contribution < 1.29 is 0 Å². The number of hydrogen-bond donors (Lipinski definition) is 2. The molecule has 21 heavy (non-hydrogen) atoms. The van der Waals surface area contributed by atoms with Gasteiger partial charge in [0.25, 0.3) is 0 Å². The van der Waals surface area contributed by atoms with E-state index in [1.54, 1.807) is 0 Å². The van der Waals surface area contributed by atoms with Gasteiger partial charge in [-0.15, -0.1) is 0 Å². The first kappa shape index (κ1) is 18.2. The molecule has 1 aliphatic heterocycles. The van der Waals surface area contributed by atoms with E-state index in [1.807, 2.05) is 7.05 Å². The summed E-state index contributed by atoms with van der Waals surface area (Å²) in [6, 6.07) is 0. The van der Waals surface area contributed by atoms with Crippen LogP contribution < -0.4 is 10.6 Å². The molecule has 2 N–H and O–H groups in total. The minimum atomic E-state index is 0.642. The normalized spacial score (nSPS) is 19.5. The molecular formula is C16H35N5. The van der Waals surface area contributed by atoms with Crippen molar-refractivity contribution in [1.82, 2.24) is 20.4 Å². The fourth-order valence-corrected chi connectivity index (χ4v) is 2.67. The second-order valence-electron chi connectivity index (χ2n) is 6.07. The van der Waals surface area contributed by atoms with Gasteiger partial charge in [0.15, 0.2) is 5.96 Å². The van der Waals surface area contributed by atoms with Crippen LogP contribution in [0, 0.1) is 5.92 Å². The van der Waals surface area contributed by atoms with Gasteiger partial charge in [0.1, 0.15) is 0 Å². The number of unbranched alkanes of at least 4 members (excludes halogenated alkanes) is 1. The smallest absolute Gasteiger partial charge is 0.190 e. The van der Waals surface area contributed by atoms with E-state index in [9.17, 15) is 0 Å². The van der Waals surface area contributed by atoms with E-state index in [0.29, 0.717) is 5.92 Å². The van der Waals surface area contributed by atoms with Crippen LogP contribution in [0.5, 0.6) is 0 Å². The first-order chi connectivity index (χ1) is 10.2. The monoisotopic (exact) mass is 297 g/mol. The highest BCUT2D eigenvalue weighted by molar-refractivity contribution is 5.79. The predicted octanol–water partition coefficient (Wildman–Crippen LogP) is 1.23. The summed E-state index contributed by atoms with van der Waals surface area (Å²) in [5.41, 5.74) is 0. The molecule has 5 heteroatoms. The third-order valence-electron chi connectivity index (χ3n) is 4.15. The van der Waals surface area contributed by atoms with Crippen LogP contribution in [0.2, 0.25) is 0 Å². The molecule has 1 fully saturated rings. The summed E-state index contributed by atoms with van der Waals surface area (Å²) >= 11 is 0. The number of piperazine rings is 1.